The van der Waals surface area contributed by atoms with Gasteiger partial charge in [0, 0.05) is 17.3 Å². The van der Waals surface area contributed by atoms with E-state index in [0.717, 1.165) is 0 Å². The molecule has 0 aromatic heterocycles. The van der Waals surface area contributed by atoms with E-state index in [4.69, 9.17) is 23.2 Å². The zero-order chi connectivity index (χ0) is 18.2. The zero-order valence-electron chi connectivity index (χ0n) is 12.8. The fraction of sp³-hybridized carbons (Fsp3) is 0.200. The van der Waals surface area contributed by atoms with Crippen LogP contribution in [0.1, 0.15) is 6.42 Å². The molecule has 1 heterocycles. The molecule has 0 radical (unpaired) electrons. The lowest BCUT2D eigenvalue weighted by Crippen LogP contribution is -2.25. The van der Waals surface area contributed by atoms with Gasteiger partial charge in [-0.1, -0.05) is 23.2 Å². The molecule has 10 heteroatoms. The third-order valence-electron chi connectivity index (χ3n) is 3.69. The van der Waals surface area contributed by atoms with Crippen LogP contribution in [0.4, 0.5) is 11.4 Å². The molecule has 1 saturated heterocycles. The second-order valence-electron chi connectivity index (χ2n) is 5.47. The first-order valence-corrected chi connectivity index (χ1v) is 11.1. The van der Waals surface area contributed by atoms with E-state index >= 15 is 0 Å². The molecule has 0 aliphatic carbocycles. The Morgan fingerprint density at radius 3 is 2.32 bits per heavy atom. The molecule has 25 heavy (non-hydrogen) atoms. The van der Waals surface area contributed by atoms with Crippen molar-refractivity contribution >= 4 is 54.6 Å². The highest BCUT2D eigenvalue weighted by molar-refractivity contribution is 7.93. The lowest BCUT2D eigenvalue weighted by atomic mass is 10.3. The van der Waals surface area contributed by atoms with Crippen LogP contribution in [0.5, 0.6) is 0 Å². The van der Waals surface area contributed by atoms with Crippen molar-refractivity contribution in [2.24, 2.45) is 0 Å². The van der Waals surface area contributed by atoms with Gasteiger partial charge in [0.1, 0.15) is 4.90 Å². The fourth-order valence-corrected chi connectivity index (χ4v) is 5.91. The molecule has 2 aromatic rings. The number of nitrogens with one attached hydrogen (secondary N) is 1. The fourth-order valence-electron chi connectivity index (χ4n) is 2.52. The van der Waals surface area contributed by atoms with E-state index in [2.05, 4.69) is 4.72 Å². The maximum Gasteiger partial charge on any atom is 0.263 e. The van der Waals surface area contributed by atoms with Crippen LogP contribution in [0, 0.1) is 0 Å². The largest absolute Gasteiger partial charge is 0.280 e. The van der Waals surface area contributed by atoms with Gasteiger partial charge in [0.2, 0.25) is 10.0 Å². The van der Waals surface area contributed by atoms with Crippen molar-refractivity contribution in [1.29, 1.82) is 0 Å². The molecular weight excluding hydrogens is 407 g/mol. The van der Waals surface area contributed by atoms with E-state index in [1.165, 1.54) is 34.6 Å². The Bertz CT molecular complexity index is 1010. The second-order valence-corrected chi connectivity index (χ2v) is 9.98. The zero-order valence-corrected chi connectivity index (χ0v) is 16.0. The van der Waals surface area contributed by atoms with Crippen LogP contribution in [0.25, 0.3) is 0 Å². The van der Waals surface area contributed by atoms with Crippen molar-refractivity contribution in [3.8, 4) is 0 Å². The number of sulfonamides is 2. The molecule has 1 aliphatic heterocycles. The number of nitrogens with zero attached hydrogens (tertiary/aromatic N) is 1. The normalized spacial score (nSPS) is 16.8. The van der Waals surface area contributed by atoms with Crippen molar-refractivity contribution in [3.05, 3.63) is 52.5 Å². The number of halogens is 2. The van der Waals surface area contributed by atoms with Gasteiger partial charge in [-0.15, -0.1) is 0 Å². The Morgan fingerprint density at radius 2 is 1.72 bits per heavy atom. The van der Waals surface area contributed by atoms with Crippen molar-refractivity contribution in [1.82, 2.24) is 0 Å². The molecule has 6 nitrogen and oxygen atoms in total. The van der Waals surface area contributed by atoms with E-state index < -0.39 is 20.0 Å². The quantitative estimate of drug-likeness (QED) is 0.821. The Kier molecular flexibility index (Phi) is 4.89. The van der Waals surface area contributed by atoms with E-state index in [-0.39, 0.29) is 26.4 Å². The Hall–Kier alpha value is -1.48. The standard InChI is InChI=1S/C15H14Cl2N2O4S2/c16-11-2-7-14(17)15(10-11)25(22,23)18-12-3-5-13(6-4-12)19-8-1-9-24(19,20)21/h2-7,10,18H,1,8-9H2. The lowest BCUT2D eigenvalue weighted by Gasteiger charge is -2.17. The average Bonchev–Trinajstić information content (AvgIpc) is 2.89. The highest BCUT2D eigenvalue weighted by atomic mass is 35.5. The highest BCUT2D eigenvalue weighted by Gasteiger charge is 2.28. The molecule has 0 unspecified atom stereocenters. The third-order valence-corrected chi connectivity index (χ3v) is 7.66. The van der Waals surface area contributed by atoms with Gasteiger partial charge in [-0.3, -0.25) is 9.03 Å². The van der Waals surface area contributed by atoms with Crippen LogP contribution < -0.4 is 9.03 Å². The molecule has 0 saturated carbocycles. The predicted octanol–water partition coefficient (Wildman–Crippen LogP) is 3.33. The molecule has 0 atom stereocenters. The first-order chi connectivity index (χ1) is 11.7. The monoisotopic (exact) mass is 420 g/mol. The Labute approximate surface area is 156 Å². The maximum atomic E-state index is 12.5. The van der Waals surface area contributed by atoms with Crippen LogP contribution in [-0.4, -0.2) is 29.1 Å². The van der Waals surface area contributed by atoms with Crippen LogP contribution in [0.15, 0.2) is 47.4 Å². The summed E-state index contributed by atoms with van der Waals surface area (Å²) in [7, 11) is -7.20. The van der Waals surface area contributed by atoms with E-state index in [9.17, 15) is 16.8 Å². The number of benzene rings is 2. The summed E-state index contributed by atoms with van der Waals surface area (Å²) in [6, 6.07) is 10.3. The predicted molar refractivity (Wildman–Crippen MR) is 99.5 cm³/mol. The number of hydrogen-bond donors (Lipinski definition) is 1. The molecule has 2 aromatic carbocycles. The van der Waals surface area contributed by atoms with Crippen molar-refractivity contribution in [2.75, 3.05) is 21.3 Å². The Balaban J connectivity index is 1.85. The van der Waals surface area contributed by atoms with Crippen molar-refractivity contribution in [2.45, 2.75) is 11.3 Å². The molecule has 0 spiro atoms. The van der Waals surface area contributed by atoms with Gasteiger partial charge < -0.3 is 0 Å². The molecule has 3 rings (SSSR count). The molecule has 0 bridgehead atoms. The summed E-state index contributed by atoms with van der Waals surface area (Å²) in [5, 5.41) is 0.302. The summed E-state index contributed by atoms with van der Waals surface area (Å²) >= 11 is 11.8. The van der Waals surface area contributed by atoms with Crippen LogP contribution in [-0.2, 0) is 20.0 Å². The molecule has 1 aliphatic rings. The van der Waals surface area contributed by atoms with Gasteiger partial charge >= 0.3 is 0 Å². The number of rotatable bonds is 4. The molecular formula is C15H14Cl2N2O4S2. The van der Waals surface area contributed by atoms with Crippen molar-refractivity contribution < 1.29 is 16.8 Å². The van der Waals surface area contributed by atoms with Gasteiger partial charge in [-0.25, -0.2) is 16.8 Å². The first-order valence-electron chi connectivity index (χ1n) is 7.27. The SMILES string of the molecule is O=S(=O)(Nc1ccc(N2CCCS2(=O)=O)cc1)c1cc(Cl)ccc1Cl. The lowest BCUT2D eigenvalue weighted by molar-refractivity contribution is 0.598. The first kappa shape index (κ1) is 18.3. The summed E-state index contributed by atoms with van der Waals surface area (Å²) in [5.74, 6) is 0.120. The van der Waals surface area contributed by atoms with Gasteiger partial charge in [0.15, 0.2) is 0 Å². The Morgan fingerprint density at radius 1 is 1.04 bits per heavy atom. The van der Waals surface area contributed by atoms with Gasteiger partial charge in [-0.05, 0) is 48.9 Å². The van der Waals surface area contributed by atoms with Gasteiger partial charge in [-0.2, -0.15) is 0 Å². The smallest absolute Gasteiger partial charge is 0.263 e. The summed E-state index contributed by atoms with van der Waals surface area (Å²) in [6.45, 7) is 0.422. The highest BCUT2D eigenvalue weighted by Crippen LogP contribution is 2.29. The van der Waals surface area contributed by atoms with Crippen molar-refractivity contribution in [3.63, 3.8) is 0 Å². The average molecular weight is 421 g/mol. The summed E-state index contributed by atoms with van der Waals surface area (Å²) < 4.78 is 52.5. The molecule has 0 amide bonds. The minimum atomic E-state index is -3.92. The van der Waals surface area contributed by atoms with E-state index in [1.807, 2.05) is 0 Å². The van der Waals surface area contributed by atoms with Crippen LogP contribution in [0.3, 0.4) is 0 Å². The van der Waals surface area contributed by atoms with E-state index in [1.54, 1.807) is 12.1 Å². The molecule has 1 N–H and O–H groups in total. The van der Waals surface area contributed by atoms with Gasteiger partial charge in [0.25, 0.3) is 10.0 Å². The summed E-state index contributed by atoms with van der Waals surface area (Å²) in [4.78, 5) is -0.132. The third kappa shape index (κ3) is 3.87. The second kappa shape index (κ2) is 6.68. The van der Waals surface area contributed by atoms with E-state index in [0.29, 0.717) is 18.7 Å². The van der Waals surface area contributed by atoms with Crippen LogP contribution in [0.2, 0.25) is 10.0 Å². The molecule has 1 fully saturated rings. The van der Waals surface area contributed by atoms with Crippen LogP contribution >= 0.6 is 23.2 Å². The maximum absolute atomic E-state index is 12.5. The minimum absolute atomic E-state index is 0.0525. The number of anilines is 2. The van der Waals surface area contributed by atoms with Gasteiger partial charge in [0.05, 0.1) is 16.5 Å². The topological polar surface area (TPSA) is 83.6 Å². The molecule has 134 valence electrons. The minimum Gasteiger partial charge on any atom is -0.280 e. The summed E-state index contributed by atoms with van der Waals surface area (Å²) in [6.07, 6.45) is 0.573. The summed E-state index contributed by atoms with van der Waals surface area (Å²) in [5.41, 5.74) is 0.789. The number of hydrogen-bond acceptors (Lipinski definition) is 4.